The largest absolute Gasteiger partial charge is 0.466 e. The summed E-state index contributed by atoms with van der Waals surface area (Å²) in [4.78, 5) is 27.1. The van der Waals surface area contributed by atoms with Crippen molar-refractivity contribution in [2.45, 2.75) is 13.3 Å². The van der Waals surface area contributed by atoms with Crippen molar-refractivity contribution in [1.29, 1.82) is 0 Å². The van der Waals surface area contributed by atoms with Crippen molar-refractivity contribution in [1.82, 2.24) is 4.98 Å². The number of halogens is 1. The molecule has 0 aliphatic rings. The number of hydrogen-bond donors (Lipinski definition) is 1. The zero-order valence-electron chi connectivity index (χ0n) is 13.6. The third kappa shape index (κ3) is 5.54. The molecule has 7 nitrogen and oxygen atoms in total. The van der Waals surface area contributed by atoms with Crippen LogP contribution in [0, 0.1) is 0 Å². The lowest BCUT2D eigenvalue weighted by Crippen LogP contribution is -2.07. The minimum absolute atomic E-state index is 0.125. The molecule has 25 heavy (non-hydrogen) atoms. The van der Waals surface area contributed by atoms with Crippen molar-refractivity contribution >= 4 is 46.2 Å². The molecule has 0 aliphatic heterocycles. The summed E-state index contributed by atoms with van der Waals surface area (Å²) in [6.45, 7) is 2.10. The number of thiazole rings is 1. The Balaban J connectivity index is 1.95. The number of rotatable bonds is 7. The third-order valence-electron chi connectivity index (χ3n) is 2.95. The van der Waals surface area contributed by atoms with Crippen molar-refractivity contribution in [3.8, 4) is 0 Å². The first-order chi connectivity index (χ1) is 12.0. The number of anilines is 1. The Morgan fingerprint density at radius 2 is 2.24 bits per heavy atom. The van der Waals surface area contributed by atoms with Crippen LogP contribution in [0.1, 0.15) is 28.5 Å². The molecule has 9 heteroatoms. The number of esters is 2. The van der Waals surface area contributed by atoms with Gasteiger partial charge in [0.2, 0.25) is 5.13 Å². The van der Waals surface area contributed by atoms with Crippen LogP contribution >= 0.6 is 22.9 Å². The summed E-state index contributed by atoms with van der Waals surface area (Å²) in [6.07, 6.45) is 1.67. The van der Waals surface area contributed by atoms with Crippen LogP contribution in [0.15, 0.2) is 28.7 Å². The SMILES string of the molecule is CCOC(=O)Cc1csc(NN=Cc2ccc(C(=O)OC)c(Cl)c2)n1. The van der Waals surface area contributed by atoms with Crippen molar-refractivity contribution in [2.24, 2.45) is 5.10 Å². The number of ether oxygens (including phenoxy) is 2. The number of nitrogens with one attached hydrogen (secondary N) is 1. The van der Waals surface area contributed by atoms with Crippen LogP contribution in [0.2, 0.25) is 5.02 Å². The second kappa shape index (κ2) is 9.14. The van der Waals surface area contributed by atoms with E-state index in [0.29, 0.717) is 23.0 Å². The Morgan fingerprint density at radius 3 is 2.92 bits per heavy atom. The fourth-order valence-corrected chi connectivity index (χ4v) is 2.77. The summed E-state index contributed by atoms with van der Waals surface area (Å²) >= 11 is 7.37. The first kappa shape index (κ1) is 18.9. The second-order valence-electron chi connectivity index (χ2n) is 4.73. The molecule has 1 heterocycles. The quantitative estimate of drug-likeness (QED) is 0.450. The minimum atomic E-state index is -0.497. The number of hydrazone groups is 1. The van der Waals surface area contributed by atoms with Crippen molar-refractivity contribution in [3.05, 3.63) is 45.4 Å². The lowest BCUT2D eigenvalue weighted by Gasteiger charge is -2.02. The van der Waals surface area contributed by atoms with Crippen LogP contribution in [-0.4, -0.2) is 36.9 Å². The van der Waals surface area contributed by atoms with Gasteiger partial charge in [-0.05, 0) is 24.6 Å². The van der Waals surface area contributed by atoms with Crippen molar-refractivity contribution in [3.63, 3.8) is 0 Å². The van der Waals surface area contributed by atoms with Gasteiger partial charge in [-0.15, -0.1) is 11.3 Å². The van der Waals surface area contributed by atoms with E-state index in [0.717, 1.165) is 0 Å². The molecule has 0 bridgehead atoms. The predicted molar refractivity (Wildman–Crippen MR) is 96.5 cm³/mol. The topological polar surface area (TPSA) is 89.9 Å². The van der Waals surface area contributed by atoms with E-state index in [1.165, 1.54) is 18.4 Å². The van der Waals surface area contributed by atoms with Gasteiger partial charge in [-0.1, -0.05) is 17.7 Å². The average molecular weight is 382 g/mol. The first-order valence-corrected chi connectivity index (χ1v) is 8.56. The highest BCUT2D eigenvalue weighted by atomic mass is 35.5. The van der Waals surface area contributed by atoms with Gasteiger partial charge in [0.05, 0.1) is 42.6 Å². The van der Waals surface area contributed by atoms with Crippen LogP contribution in [0.3, 0.4) is 0 Å². The van der Waals surface area contributed by atoms with Crippen LogP contribution in [0.5, 0.6) is 0 Å². The number of benzene rings is 1. The van der Waals surface area contributed by atoms with E-state index in [4.69, 9.17) is 16.3 Å². The van der Waals surface area contributed by atoms with Gasteiger partial charge in [0.1, 0.15) is 0 Å². The molecule has 0 aliphatic carbocycles. The standard InChI is InChI=1S/C16H16ClN3O4S/c1-3-24-14(21)7-11-9-25-16(19-11)20-18-8-10-4-5-12(13(17)6-10)15(22)23-2/h4-6,8-9H,3,7H2,1-2H3,(H,19,20). The van der Waals surface area contributed by atoms with Gasteiger partial charge in [0.15, 0.2) is 0 Å². The maximum atomic E-state index is 11.5. The normalized spacial score (nSPS) is 10.7. The highest BCUT2D eigenvalue weighted by Gasteiger charge is 2.10. The summed E-state index contributed by atoms with van der Waals surface area (Å²) in [7, 11) is 1.29. The summed E-state index contributed by atoms with van der Waals surface area (Å²) in [5, 5.41) is 6.65. The molecular formula is C16H16ClN3O4S. The van der Waals surface area contributed by atoms with Gasteiger partial charge < -0.3 is 9.47 Å². The van der Waals surface area contributed by atoms with E-state index in [1.807, 2.05) is 0 Å². The van der Waals surface area contributed by atoms with Gasteiger partial charge in [-0.3, -0.25) is 10.2 Å². The molecule has 0 atom stereocenters. The molecule has 132 valence electrons. The van der Waals surface area contributed by atoms with E-state index < -0.39 is 5.97 Å². The lowest BCUT2D eigenvalue weighted by atomic mass is 10.1. The van der Waals surface area contributed by atoms with E-state index in [-0.39, 0.29) is 23.0 Å². The summed E-state index contributed by atoms with van der Waals surface area (Å²) in [5.74, 6) is -0.813. The highest BCUT2D eigenvalue weighted by molar-refractivity contribution is 7.13. The molecular weight excluding hydrogens is 366 g/mol. The predicted octanol–water partition coefficient (Wildman–Crippen LogP) is 3.13. The van der Waals surface area contributed by atoms with E-state index in [9.17, 15) is 9.59 Å². The molecule has 0 unspecified atom stereocenters. The van der Waals surface area contributed by atoms with Gasteiger partial charge in [0, 0.05) is 5.38 Å². The Hall–Kier alpha value is -2.45. The van der Waals surface area contributed by atoms with Gasteiger partial charge in [0.25, 0.3) is 0 Å². The summed E-state index contributed by atoms with van der Waals surface area (Å²) < 4.78 is 9.50. The number of carbonyl (C=O) groups excluding carboxylic acids is 2. The molecule has 2 aromatic rings. The van der Waals surface area contributed by atoms with E-state index in [2.05, 4.69) is 20.2 Å². The van der Waals surface area contributed by atoms with E-state index in [1.54, 1.807) is 36.7 Å². The van der Waals surface area contributed by atoms with Crippen LogP contribution in [0.25, 0.3) is 0 Å². The van der Waals surface area contributed by atoms with Gasteiger partial charge in [-0.25, -0.2) is 9.78 Å². The Kier molecular flexibility index (Phi) is 6.91. The molecule has 1 N–H and O–H groups in total. The molecule has 0 saturated heterocycles. The van der Waals surface area contributed by atoms with Gasteiger partial charge in [-0.2, -0.15) is 5.10 Å². The molecule has 1 aromatic carbocycles. The number of carbonyl (C=O) groups is 2. The van der Waals surface area contributed by atoms with Crippen LogP contribution in [0.4, 0.5) is 5.13 Å². The van der Waals surface area contributed by atoms with Gasteiger partial charge >= 0.3 is 11.9 Å². The monoisotopic (exact) mass is 381 g/mol. The number of nitrogens with zero attached hydrogens (tertiary/aromatic N) is 2. The van der Waals surface area contributed by atoms with Crippen molar-refractivity contribution in [2.75, 3.05) is 19.1 Å². The summed E-state index contributed by atoms with van der Waals surface area (Å²) in [6, 6.07) is 4.86. The average Bonchev–Trinajstić information content (AvgIpc) is 3.01. The maximum absolute atomic E-state index is 11.5. The Labute approximate surface area is 153 Å². The molecule has 0 amide bonds. The highest BCUT2D eigenvalue weighted by Crippen LogP contribution is 2.19. The molecule has 0 radical (unpaired) electrons. The fraction of sp³-hybridized carbons (Fsp3) is 0.250. The van der Waals surface area contributed by atoms with E-state index >= 15 is 0 Å². The number of methoxy groups -OCH3 is 1. The number of hydrogen-bond acceptors (Lipinski definition) is 8. The third-order valence-corrected chi connectivity index (χ3v) is 4.06. The second-order valence-corrected chi connectivity index (χ2v) is 5.99. The number of aromatic nitrogens is 1. The summed E-state index contributed by atoms with van der Waals surface area (Å²) in [5.41, 5.74) is 4.39. The Bertz CT molecular complexity index is 791. The fourth-order valence-electron chi connectivity index (χ4n) is 1.85. The minimum Gasteiger partial charge on any atom is -0.466 e. The Morgan fingerprint density at radius 1 is 1.44 bits per heavy atom. The maximum Gasteiger partial charge on any atom is 0.339 e. The lowest BCUT2D eigenvalue weighted by molar-refractivity contribution is -0.142. The van der Waals surface area contributed by atoms with Crippen LogP contribution in [-0.2, 0) is 20.7 Å². The van der Waals surface area contributed by atoms with Crippen molar-refractivity contribution < 1.29 is 19.1 Å². The molecule has 1 aromatic heterocycles. The first-order valence-electron chi connectivity index (χ1n) is 7.30. The molecule has 0 spiro atoms. The molecule has 0 saturated carbocycles. The molecule has 2 rings (SSSR count). The zero-order valence-corrected chi connectivity index (χ0v) is 15.2. The zero-order chi connectivity index (χ0) is 18.2. The molecule has 0 fully saturated rings. The van der Waals surface area contributed by atoms with Crippen LogP contribution < -0.4 is 5.43 Å². The smallest absolute Gasteiger partial charge is 0.339 e.